The van der Waals surface area contributed by atoms with Crippen LogP contribution in [-0.2, 0) is 17.9 Å². The van der Waals surface area contributed by atoms with Gasteiger partial charge in [0, 0.05) is 13.1 Å². The van der Waals surface area contributed by atoms with E-state index in [1.54, 1.807) is 0 Å². The van der Waals surface area contributed by atoms with Crippen LogP contribution in [0.2, 0.25) is 0 Å². The van der Waals surface area contributed by atoms with Crippen LogP contribution in [0, 0.1) is 5.53 Å². The van der Waals surface area contributed by atoms with E-state index in [0.29, 0.717) is 24.7 Å². The molecule has 176 valence electrons. The molecule has 0 spiro atoms. The summed E-state index contributed by atoms with van der Waals surface area (Å²) in [7, 11) is 0. The number of fused-ring (bicyclic) bond motifs is 1. The number of piperidine rings is 1. The van der Waals surface area contributed by atoms with Gasteiger partial charge in [-0.25, -0.2) is 5.43 Å². The van der Waals surface area contributed by atoms with E-state index in [1.807, 2.05) is 4.90 Å². The molecule has 0 bridgehead atoms. The predicted molar refractivity (Wildman–Crippen MR) is 126 cm³/mol. The van der Waals surface area contributed by atoms with E-state index in [-0.39, 0.29) is 24.3 Å². The van der Waals surface area contributed by atoms with Gasteiger partial charge in [-0.05, 0) is 43.5 Å². The summed E-state index contributed by atoms with van der Waals surface area (Å²) >= 11 is 0. The van der Waals surface area contributed by atoms with Crippen molar-refractivity contribution in [3.05, 3.63) is 35.4 Å². The third-order valence-electron chi connectivity index (χ3n) is 5.88. The molecule has 2 aliphatic rings. The number of aromatic nitrogens is 2. The molecule has 3 heterocycles. The summed E-state index contributed by atoms with van der Waals surface area (Å²) in [5.74, 6) is 0.644. The number of benzene rings is 1. The van der Waals surface area contributed by atoms with Crippen molar-refractivity contribution < 1.29 is 9.53 Å². The van der Waals surface area contributed by atoms with Gasteiger partial charge in [-0.15, -0.1) is 0 Å². The lowest BCUT2D eigenvalue weighted by Crippen LogP contribution is -2.39. The molecule has 2 aliphatic heterocycles. The summed E-state index contributed by atoms with van der Waals surface area (Å²) in [6.45, 7) is 6.53. The first-order valence-electron chi connectivity index (χ1n) is 11.7. The molecule has 0 atom stereocenters. The SMILES string of the molecule is CCCCOc1nc(NN=N)c2c(n1)N(Cc1cccc(CN3CCCCC3)c1)CC(=O)N2. The number of carbonyl (C=O) groups is 1. The van der Waals surface area contributed by atoms with Crippen molar-refractivity contribution in [2.24, 2.45) is 5.22 Å². The molecule has 33 heavy (non-hydrogen) atoms. The molecule has 1 saturated heterocycles. The largest absolute Gasteiger partial charge is 0.463 e. The second-order valence-corrected chi connectivity index (χ2v) is 8.54. The number of rotatable bonds is 10. The maximum atomic E-state index is 12.5. The maximum Gasteiger partial charge on any atom is 0.320 e. The minimum absolute atomic E-state index is 0.164. The third kappa shape index (κ3) is 5.95. The number of hydrogen-bond acceptors (Lipinski definition) is 8. The number of anilines is 3. The Bertz CT molecular complexity index is 977. The highest BCUT2D eigenvalue weighted by Gasteiger charge is 2.28. The fourth-order valence-corrected chi connectivity index (χ4v) is 4.26. The molecule has 10 nitrogen and oxygen atoms in total. The van der Waals surface area contributed by atoms with Crippen molar-refractivity contribution in [1.29, 1.82) is 5.53 Å². The number of nitrogens with one attached hydrogen (secondary N) is 3. The second kappa shape index (κ2) is 11.0. The smallest absolute Gasteiger partial charge is 0.320 e. The first kappa shape index (κ1) is 22.9. The number of unbranched alkanes of at least 4 members (excludes halogenated alkanes) is 1. The van der Waals surface area contributed by atoms with Gasteiger partial charge >= 0.3 is 6.01 Å². The molecule has 0 saturated carbocycles. The fraction of sp³-hybridized carbons (Fsp3) is 0.522. The third-order valence-corrected chi connectivity index (χ3v) is 5.88. The van der Waals surface area contributed by atoms with E-state index in [9.17, 15) is 4.79 Å². The van der Waals surface area contributed by atoms with Crippen LogP contribution in [0.15, 0.2) is 29.5 Å². The van der Waals surface area contributed by atoms with Crippen LogP contribution in [0.4, 0.5) is 17.3 Å². The summed E-state index contributed by atoms with van der Waals surface area (Å²) in [4.78, 5) is 25.8. The zero-order valence-corrected chi connectivity index (χ0v) is 19.1. The van der Waals surface area contributed by atoms with Gasteiger partial charge in [-0.2, -0.15) is 15.5 Å². The molecular formula is C23H32N8O2. The van der Waals surface area contributed by atoms with Crippen molar-refractivity contribution in [2.75, 3.05) is 41.9 Å². The molecule has 3 N–H and O–H groups in total. The predicted octanol–water partition coefficient (Wildman–Crippen LogP) is 3.96. The number of carbonyl (C=O) groups excluding carboxylic acids is 1. The number of ether oxygens (including phenoxy) is 1. The van der Waals surface area contributed by atoms with Crippen molar-refractivity contribution in [3.8, 4) is 6.01 Å². The average molecular weight is 453 g/mol. The van der Waals surface area contributed by atoms with E-state index in [1.165, 1.54) is 24.8 Å². The lowest BCUT2D eigenvalue weighted by Gasteiger charge is -2.31. The van der Waals surface area contributed by atoms with Gasteiger partial charge < -0.3 is 15.0 Å². The molecule has 1 amide bonds. The Morgan fingerprint density at radius 1 is 1.18 bits per heavy atom. The zero-order valence-electron chi connectivity index (χ0n) is 19.1. The Hall–Kier alpha value is -3.27. The average Bonchev–Trinajstić information content (AvgIpc) is 2.81. The number of amides is 1. The summed E-state index contributed by atoms with van der Waals surface area (Å²) in [6.07, 6.45) is 5.74. The highest BCUT2D eigenvalue weighted by atomic mass is 16.5. The van der Waals surface area contributed by atoms with Gasteiger partial charge in [0.2, 0.25) is 5.91 Å². The highest BCUT2D eigenvalue weighted by molar-refractivity contribution is 6.03. The van der Waals surface area contributed by atoms with Gasteiger partial charge in [0.1, 0.15) is 5.69 Å². The normalized spacial score (nSPS) is 16.2. The summed E-state index contributed by atoms with van der Waals surface area (Å²) in [5.41, 5.74) is 12.5. The Kier molecular flexibility index (Phi) is 7.66. The Morgan fingerprint density at radius 2 is 1.97 bits per heavy atom. The van der Waals surface area contributed by atoms with Gasteiger partial charge in [-0.3, -0.25) is 9.69 Å². The molecule has 0 unspecified atom stereocenters. The molecule has 10 heteroatoms. The van der Waals surface area contributed by atoms with Gasteiger partial charge in [-0.1, -0.05) is 49.3 Å². The van der Waals surface area contributed by atoms with Crippen molar-refractivity contribution >= 4 is 23.2 Å². The summed E-state index contributed by atoms with van der Waals surface area (Å²) < 4.78 is 5.72. The monoisotopic (exact) mass is 452 g/mol. The highest BCUT2D eigenvalue weighted by Crippen LogP contribution is 2.36. The molecule has 0 radical (unpaired) electrons. The number of nitrogens with zero attached hydrogens (tertiary/aromatic N) is 5. The number of hydrogen-bond donors (Lipinski definition) is 3. The topological polar surface area (TPSA) is 119 Å². The van der Waals surface area contributed by atoms with Gasteiger partial charge in [0.15, 0.2) is 11.6 Å². The molecule has 1 aromatic carbocycles. The molecule has 4 rings (SSSR count). The van der Waals surface area contributed by atoms with E-state index in [4.69, 9.17) is 10.3 Å². The lowest BCUT2D eigenvalue weighted by atomic mass is 10.1. The van der Waals surface area contributed by atoms with Crippen LogP contribution < -0.4 is 20.4 Å². The van der Waals surface area contributed by atoms with Crippen LogP contribution >= 0.6 is 0 Å². The van der Waals surface area contributed by atoms with Crippen LogP contribution in [0.1, 0.15) is 50.2 Å². The van der Waals surface area contributed by atoms with Crippen molar-refractivity contribution in [3.63, 3.8) is 0 Å². The zero-order chi connectivity index (χ0) is 23.0. The fourth-order valence-electron chi connectivity index (χ4n) is 4.26. The second-order valence-electron chi connectivity index (χ2n) is 8.54. The van der Waals surface area contributed by atoms with Crippen molar-refractivity contribution in [2.45, 2.75) is 52.1 Å². The molecule has 1 fully saturated rings. The summed E-state index contributed by atoms with van der Waals surface area (Å²) in [6, 6.07) is 8.72. The van der Waals surface area contributed by atoms with Gasteiger partial charge in [0.05, 0.1) is 13.2 Å². The van der Waals surface area contributed by atoms with Gasteiger partial charge in [0.25, 0.3) is 0 Å². The van der Waals surface area contributed by atoms with Crippen molar-refractivity contribution in [1.82, 2.24) is 14.9 Å². The van der Waals surface area contributed by atoms with Crippen LogP contribution in [-0.4, -0.2) is 47.0 Å². The number of likely N-dealkylation sites (tertiary alicyclic amines) is 1. The van der Waals surface area contributed by atoms with E-state index in [2.05, 4.69) is 62.0 Å². The molecule has 0 aliphatic carbocycles. The minimum atomic E-state index is -0.164. The van der Waals surface area contributed by atoms with E-state index >= 15 is 0 Å². The molecule has 2 aromatic rings. The minimum Gasteiger partial charge on any atom is -0.463 e. The molecular weight excluding hydrogens is 420 g/mol. The Balaban J connectivity index is 1.57. The molecule has 1 aromatic heterocycles. The van der Waals surface area contributed by atoms with E-state index < -0.39 is 0 Å². The van der Waals surface area contributed by atoms with Crippen LogP contribution in [0.5, 0.6) is 6.01 Å². The first-order valence-corrected chi connectivity index (χ1v) is 11.7. The summed E-state index contributed by atoms with van der Waals surface area (Å²) in [5, 5.41) is 6.05. The lowest BCUT2D eigenvalue weighted by molar-refractivity contribution is -0.115. The van der Waals surface area contributed by atoms with Crippen LogP contribution in [0.3, 0.4) is 0 Å². The van der Waals surface area contributed by atoms with Crippen LogP contribution in [0.25, 0.3) is 0 Å². The first-order chi connectivity index (χ1) is 16.2. The standard InChI is InChI=1S/C23H32N8O2/c1-2-3-12-33-23-26-21(28-29-24)20-22(27-23)31(16-19(32)25-20)15-18-9-7-8-17(13-18)14-30-10-5-4-6-11-30/h7-9,13H,2-6,10-12,14-16H2,1H3,(H,25,32)(H2,24,26,27,28). The Labute approximate surface area is 194 Å². The maximum absolute atomic E-state index is 12.5. The van der Waals surface area contributed by atoms with E-state index in [0.717, 1.165) is 38.0 Å². The quantitative estimate of drug-likeness (QED) is 0.284. The Morgan fingerprint density at radius 3 is 2.73 bits per heavy atom.